The van der Waals surface area contributed by atoms with E-state index in [1.54, 1.807) is 0 Å². The zero-order valence-corrected chi connectivity index (χ0v) is 16.5. The highest BCUT2D eigenvalue weighted by Gasteiger charge is 2.28. The van der Waals surface area contributed by atoms with Gasteiger partial charge in [0.15, 0.2) is 5.82 Å². The minimum Gasteiger partial charge on any atom is -0.494 e. The van der Waals surface area contributed by atoms with E-state index in [0.717, 1.165) is 41.2 Å². The van der Waals surface area contributed by atoms with Gasteiger partial charge in [-0.25, -0.2) is 4.68 Å². The van der Waals surface area contributed by atoms with E-state index >= 15 is 0 Å². The van der Waals surface area contributed by atoms with Gasteiger partial charge in [0.25, 0.3) is 0 Å². The van der Waals surface area contributed by atoms with Crippen LogP contribution in [-0.2, 0) is 6.54 Å². The second kappa shape index (κ2) is 7.94. The van der Waals surface area contributed by atoms with Gasteiger partial charge in [0.05, 0.1) is 19.2 Å². The standard InChI is InChI=1S/C21H21N7O2/c1-2-29-18-11-5-14(6-12-18)20-23-19(30-25-20)13-22-16-7-3-15(4-8-16)21-24-26-27-28(21)17-9-10-17/h3-8,11-12,17,22H,2,9-10,13H2,1H3. The summed E-state index contributed by atoms with van der Waals surface area (Å²) in [6.45, 7) is 3.02. The van der Waals surface area contributed by atoms with E-state index < -0.39 is 0 Å². The summed E-state index contributed by atoms with van der Waals surface area (Å²) in [5, 5.41) is 19.4. The third kappa shape index (κ3) is 3.86. The van der Waals surface area contributed by atoms with Crippen LogP contribution >= 0.6 is 0 Å². The molecule has 30 heavy (non-hydrogen) atoms. The predicted molar refractivity (Wildman–Crippen MR) is 110 cm³/mol. The topological polar surface area (TPSA) is 104 Å². The van der Waals surface area contributed by atoms with Crippen LogP contribution in [0, 0.1) is 0 Å². The highest BCUT2D eigenvalue weighted by atomic mass is 16.5. The maximum atomic E-state index is 5.46. The lowest BCUT2D eigenvalue weighted by molar-refractivity contribution is 0.340. The Morgan fingerprint density at radius 1 is 1.07 bits per heavy atom. The van der Waals surface area contributed by atoms with Crippen molar-refractivity contribution in [3.63, 3.8) is 0 Å². The van der Waals surface area contributed by atoms with Gasteiger partial charge in [-0.2, -0.15) is 4.98 Å². The normalized spacial score (nSPS) is 13.4. The van der Waals surface area contributed by atoms with Crippen LogP contribution < -0.4 is 10.1 Å². The summed E-state index contributed by atoms with van der Waals surface area (Å²) in [6.07, 6.45) is 2.28. The molecule has 0 unspecified atom stereocenters. The number of nitrogens with one attached hydrogen (secondary N) is 1. The SMILES string of the molecule is CCOc1ccc(-c2noc(CNc3ccc(-c4nnnn4C4CC4)cc3)n2)cc1. The number of hydrogen-bond donors (Lipinski definition) is 1. The first kappa shape index (κ1) is 18.3. The fourth-order valence-corrected chi connectivity index (χ4v) is 3.17. The second-order valence-electron chi connectivity index (χ2n) is 7.08. The monoisotopic (exact) mass is 403 g/mol. The molecule has 0 saturated heterocycles. The minimum atomic E-state index is 0.434. The third-order valence-electron chi connectivity index (χ3n) is 4.86. The third-order valence-corrected chi connectivity index (χ3v) is 4.86. The van der Waals surface area contributed by atoms with E-state index in [1.165, 1.54) is 0 Å². The van der Waals surface area contributed by atoms with Gasteiger partial charge < -0.3 is 14.6 Å². The van der Waals surface area contributed by atoms with E-state index in [2.05, 4.69) is 31.0 Å². The minimum absolute atomic E-state index is 0.434. The van der Waals surface area contributed by atoms with Crippen molar-refractivity contribution in [1.29, 1.82) is 0 Å². The van der Waals surface area contributed by atoms with E-state index in [0.29, 0.717) is 30.9 Å². The molecule has 9 heteroatoms. The van der Waals surface area contributed by atoms with E-state index in [4.69, 9.17) is 9.26 Å². The summed E-state index contributed by atoms with van der Waals surface area (Å²) in [7, 11) is 0. The maximum absolute atomic E-state index is 5.46. The Labute approximate surface area is 173 Å². The molecule has 1 aliphatic carbocycles. The van der Waals surface area contributed by atoms with Gasteiger partial charge in [0.2, 0.25) is 11.7 Å². The fraction of sp³-hybridized carbons (Fsp3) is 0.286. The molecule has 0 aliphatic heterocycles. The van der Waals surface area contributed by atoms with Crippen LogP contribution in [0.1, 0.15) is 31.7 Å². The number of rotatable bonds is 8. The van der Waals surface area contributed by atoms with Gasteiger partial charge in [0.1, 0.15) is 5.75 Å². The highest BCUT2D eigenvalue weighted by Crippen LogP contribution is 2.36. The largest absolute Gasteiger partial charge is 0.494 e. The summed E-state index contributed by atoms with van der Waals surface area (Å²) < 4.78 is 12.7. The Kier molecular flexibility index (Phi) is 4.84. The van der Waals surface area contributed by atoms with E-state index in [9.17, 15) is 0 Å². The van der Waals surface area contributed by atoms with Crippen LogP contribution in [0.5, 0.6) is 5.75 Å². The van der Waals surface area contributed by atoms with Crippen molar-refractivity contribution in [3.05, 3.63) is 54.4 Å². The molecule has 0 spiro atoms. The molecule has 0 radical (unpaired) electrons. The molecule has 0 bridgehead atoms. The van der Waals surface area contributed by atoms with Gasteiger partial charge in [-0.05, 0) is 78.7 Å². The fourth-order valence-electron chi connectivity index (χ4n) is 3.17. The predicted octanol–water partition coefficient (Wildman–Crippen LogP) is 3.74. The van der Waals surface area contributed by atoms with E-state index in [1.807, 2.05) is 60.1 Å². The summed E-state index contributed by atoms with van der Waals surface area (Å²) in [4.78, 5) is 4.46. The average Bonchev–Trinajstić information content (AvgIpc) is 3.32. The molecule has 1 N–H and O–H groups in total. The lowest BCUT2D eigenvalue weighted by atomic mass is 10.2. The molecule has 2 aromatic carbocycles. The van der Waals surface area contributed by atoms with Crippen molar-refractivity contribution >= 4 is 5.69 Å². The van der Waals surface area contributed by atoms with Gasteiger partial charge in [-0.15, -0.1) is 5.10 Å². The summed E-state index contributed by atoms with van der Waals surface area (Å²) in [5.41, 5.74) is 2.82. The van der Waals surface area contributed by atoms with Crippen LogP contribution in [0.15, 0.2) is 53.1 Å². The van der Waals surface area contributed by atoms with Gasteiger partial charge in [0, 0.05) is 16.8 Å². The molecule has 2 aromatic heterocycles. The molecule has 1 aliphatic rings. The first-order chi connectivity index (χ1) is 14.8. The lowest BCUT2D eigenvalue weighted by Crippen LogP contribution is -2.01. The molecule has 0 atom stereocenters. The van der Waals surface area contributed by atoms with Crippen molar-refractivity contribution in [1.82, 2.24) is 30.3 Å². The molecular formula is C21H21N7O2. The van der Waals surface area contributed by atoms with Crippen molar-refractivity contribution in [2.45, 2.75) is 32.4 Å². The average molecular weight is 403 g/mol. The Morgan fingerprint density at radius 3 is 2.57 bits per heavy atom. The number of anilines is 1. The van der Waals surface area contributed by atoms with Crippen LogP contribution in [0.2, 0.25) is 0 Å². The van der Waals surface area contributed by atoms with Crippen LogP contribution in [0.25, 0.3) is 22.8 Å². The number of hydrogen-bond acceptors (Lipinski definition) is 8. The zero-order chi connectivity index (χ0) is 20.3. The molecule has 1 fully saturated rings. The van der Waals surface area contributed by atoms with Crippen LogP contribution in [0.3, 0.4) is 0 Å². The van der Waals surface area contributed by atoms with Crippen LogP contribution in [0.4, 0.5) is 5.69 Å². The molecule has 1 saturated carbocycles. The number of aromatic nitrogens is 6. The number of nitrogens with zero attached hydrogens (tertiary/aromatic N) is 6. The Balaban J connectivity index is 1.22. The Morgan fingerprint density at radius 2 is 1.83 bits per heavy atom. The Hall–Kier alpha value is -3.75. The lowest BCUT2D eigenvalue weighted by Gasteiger charge is -2.06. The van der Waals surface area contributed by atoms with Gasteiger partial charge >= 0.3 is 0 Å². The smallest absolute Gasteiger partial charge is 0.246 e. The first-order valence-corrected chi connectivity index (χ1v) is 9.98. The summed E-state index contributed by atoms with van der Waals surface area (Å²) in [5.74, 6) is 2.69. The highest BCUT2D eigenvalue weighted by molar-refractivity contribution is 5.60. The summed E-state index contributed by atoms with van der Waals surface area (Å²) in [6, 6.07) is 16.1. The quantitative estimate of drug-likeness (QED) is 0.474. The zero-order valence-electron chi connectivity index (χ0n) is 16.5. The first-order valence-electron chi connectivity index (χ1n) is 9.98. The maximum Gasteiger partial charge on any atom is 0.246 e. The molecule has 152 valence electrons. The van der Waals surface area contributed by atoms with Crippen molar-refractivity contribution in [2.75, 3.05) is 11.9 Å². The van der Waals surface area contributed by atoms with Crippen LogP contribution in [-0.4, -0.2) is 37.0 Å². The van der Waals surface area contributed by atoms with Crippen molar-refractivity contribution in [2.24, 2.45) is 0 Å². The van der Waals surface area contributed by atoms with Gasteiger partial charge in [-0.1, -0.05) is 5.16 Å². The molecule has 0 amide bonds. The van der Waals surface area contributed by atoms with Crippen molar-refractivity contribution in [3.8, 4) is 28.5 Å². The van der Waals surface area contributed by atoms with Gasteiger partial charge in [-0.3, -0.25) is 0 Å². The molecular weight excluding hydrogens is 382 g/mol. The molecule has 2 heterocycles. The number of benzene rings is 2. The number of tetrazole rings is 1. The van der Waals surface area contributed by atoms with Crippen molar-refractivity contribution < 1.29 is 9.26 Å². The number of ether oxygens (including phenoxy) is 1. The molecule has 5 rings (SSSR count). The summed E-state index contributed by atoms with van der Waals surface area (Å²) >= 11 is 0. The Bertz CT molecular complexity index is 1110. The molecule has 4 aromatic rings. The second-order valence-corrected chi connectivity index (χ2v) is 7.08. The van der Waals surface area contributed by atoms with E-state index in [-0.39, 0.29) is 0 Å². The molecule has 9 nitrogen and oxygen atoms in total.